The van der Waals surface area contributed by atoms with Gasteiger partial charge in [-0.05, 0) is 23.6 Å². The second-order valence-corrected chi connectivity index (χ2v) is 5.74. The molecule has 4 N–H and O–H groups in total. The van der Waals surface area contributed by atoms with E-state index in [4.69, 9.17) is 11.5 Å². The average Bonchev–Trinajstić information content (AvgIpc) is 2.51. The molecule has 0 atom stereocenters. The van der Waals surface area contributed by atoms with Gasteiger partial charge in [0.25, 0.3) is 5.69 Å². The molecule has 6 nitrogen and oxygen atoms in total. The van der Waals surface area contributed by atoms with Crippen LogP contribution >= 0.6 is 11.8 Å². The number of hydrogen-bond donors (Lipinski definition) is 2. The van der Waals surface area contributed by atoms with E-state index in [1.165, 1.54) is 23.9 Å². The van der Waals surface area contributed by atoms with Crippen LogP contribution in [0.3, 0.4) is 0 Å². The molecule has 0 amide bonds. The average molecular weight is 312 g/mol. The van der Waals surface area contributed by atoms with E-state index in [9.17, 15) is 10.1 Å². The third kappa shape index (κ3) is 2.53. The zero-order valence-corrected chi connectivity index (χ0v) is 12.2. The monoisotopic (exact) mass is 312 g/mol. The first kappa shape index (κ1) is 14.2. The molecule has 3 aromatic rings. The molecule has 0 bridgehead atoms. The van der Waals surface area contributed by atoms with Gasteiger partial charge < -0.3 is 11.5 Å². The summed E-state index contributed by atoms with van der Waals surface area (Å²) < 4.78 is 0. The van der Waals surface area contributed by atoms with Crippen molar-refractivity contribution in [1.29, 1.82) is 0 Å². The van der Waals surface area contributed by atoms with Crippen molar-refractivity contribution in [1.82, 2.24) is 4.98 Å². The Morgan fingerprint density at radius 1 is 1.09 bits per heavy atom. The molecule has 0 aliphatic carbocycles. The number of benzene rings is 2. The fourth-order valence-electron chi connectivity index (χ4n) is 2.12. The smallest absolute Gasteiger partial charge is 0.285 e. The normalized spacial score (nSPS) is 10.7. The van der Waals surface area contributed by atoms with Crippen LogP contribution in [0.2, 0.25) is 0 Å². The van der Waals surface area contributed by atoms with Crippen molar-refractivity contribution in [2.24, 2.45) is 0 Å². The SMILES string of the molecule is Nc1cc(Sc2cccc3cnccc23)c([N+](=O)[O-])cc1N. The van der Waals surface area contributed by atoms with E-state index < -0.39 is 4.92 Å². The van der Waals surface area contributed by atoms with E-state index >= 15 is 0 Å². The second kappa shape index (κ2) is 5.53. The van der Waals surface area contributed by atoms with Crippen LogP contribution in [0.1, 0.15) is 0 Å². The molecule has 2 aromatic carbocycles. The number of aromatic nitrogens is 1. The molecule has 0 fully saturated rings. The van der Waals surface area contributed by atoms with E-state index in [0.717, 1.165) is 15.7 Å². The van der Waals surface area contributed by atoms with E-state index in [2.05, 4.69) is 4.98 Å². The summed E-state index contributed by atoms with van der Waals surface area (Å²) in [5.41, 5.74) is 11.9. The largest absolute Gasteiger partial charge is 0.397 e. The van der Waals surface area contributed by atoms with Crippen LogP contribution in [0.15, 0.2) is 58.6 Å². The van der Waals surface area contributed by atoms with Crippen molar-refractivity contribution < 1.29 is 4.92 Å². The van der Waals surface area contributed by atoms with Gasteiger partial charge in [-0.25, -0.2) is 0 Å². The molecule has 110 valence electrons. The Hall–Kier alpha value is -2.80. The standard InChI is InChI=1S/C15H12N4O2S/c16-11-6-13(19(20)21)15(7-12(11)17)22-14-3-1-2-9-8-18-5-4-10(9)14/h1-8H,16-17H2. The van der Waals surface area contributed by atoms with Crippen molar-refractivity contribution >= 4 is 39.6 Å². The van der Waals surface area contributed by atoms with Crippen LogP contribution in [-0.4, -0.2) is 9.91 Å². The van der Waals surface area contributed by atoms with Crippen LogP contribution < -0.4 is 11.5 Å². The fourth-order valence-corrected chi connectivity index (χ4v) is 3.23. The van der Waals surface area contributed by atoms with E-state index in [1.807, 2.05) is 24.3 Å². The van der Waals surface area contributed by atoms with Crippen LogP contribution in [0.5, 0.6) is 0 Å². The summed E-state index contributed by atoms with van der Waals surface area (Å²) in [5.74, 6) is 0. The Labute approximate surface area is 130 Å². The van der Waals surface area contributed by atoms with Crippen molar-refractivity contribution in [3.8, 4) is 0 Å². The van der Waals surface area contributed by atoms with Gasteiger partial charge in [-0.2, -0.15) is 0 Å². The zero-order valence-electron chi connectivity index (χ0n) is 11.4. The minimum atomic E-state index is -0.454. The fraction of sp³-hybridized carbons (Fsp3) is 0. The lowest BCUT2D eigenvalue weighted by Crippen LogP contribution is -1.98. The number of rotatable bonds is 3. The number of fused-ring (bicyclic) bond motifs is 1. The van der Waals surface area contributed by atoms with E-state index in [0.29, 0.717) is 10.6 Å². The summed E-state index contributed by atoms with van der Waals surface area (Å²) >= 11 is 1.29. The highest BCUT2D eigenvalue weighted by molar-refractivity contribution is 7.99. The highest BCUT2D eigenvalue weighted by Gasteiger charge is 2.18. The summed E-state index contributed by atoms with van der Waals surface area (Å²) in [4.78, 5) is 16.2. The van der Waals surface area contributed by atoms with Gasteiger partial charge in [0.2, 0.25) is 0 Å². The first-order valence-electron chi connectivity index (χ1n) is 6.40. The zero-order chi connectivity index (χ0) is 15.7. The Bertz CT molecular complexity index is 877. The van der Waals surface area contributed by atoms with Crippen LogP contribution in [-0.2, 0) is 0 Å². The molecule has 0 aliphatic heterocycles. The predicted octanol–water partition coefficient (Wildman–Crippen LogP) is 3.46. The molecule has 1 aromatic heterocycles. The number of nitro groups is 1. The second-order valence-electron chi connectivity index (χ2n) is 4.66. The first-order valence-corrected chi connectivity index (χ1v) is 7.22. The van der Waals surface area contributed by atoms with E-state index in [-0.39, 0.29) is 11.4 Å². The van der Waals surface area contributed by atoms with Crippen molar-refractivity contribution in [2.45, 2.75) is 9.79 Å². The lowest BCUT2D eigenvalue weighted by molar-refractivity contribution is -0.387. The van der Waals surface area contributed by atoms with Crippen LogP contribution in [0.25, 0.3) is 10.8 Å². The number of pyridine rings is 1. The molecule has 7 heteroatoms. The molecule has 0 saturated carbocycles. The van der Waals surface area contributed by atoms with Crippen LogP contribution in [0, 0.1) is 10.1 Å². The molecule has 0 unspecified atom stereocenters. The minimum absolute atomic E-state index is 0.0530. The van der Waals surface area contributed by atoms with Gasteiger partial charge in [-0.3, -0.25) is 15.1 Å². The van der Waals surface area contributed by atoms with Crippen LogP contribution in [0.4, 0.5) is 17.1 Å². The summed E-state index contributed by atoms with van der Waals surface area (Å²) in [6, 6.07) is 10.5. The quantitative estimate of drug-likeness (QED) is 0.435. The number of nitro benzene ring substituents is 1. The van der Waals surface area contributed by atoms with Gasteiger partial charge in [0.1, 0.15) is 0 Å². The Morgan fingerprint density at radius 2 is 1.86 bits per heavy atom. The van der Waals surface area contributed by atoms with Gasteiger partial charge >= 0.3 is 0 Å². The van der Waals surface area contributed by atoms with Gasteiger partial charge in [0.05, 0.1) is 21.2 Å². The summed E-state index contributed by atoms with van der Waals surface area (Å²) in [6.45, 7) is 0. The number of nitrogen functional groups attached to an aromatic ring is 2. The third-order valence-corrected chi connectivity index (χ3v) is 4.34. The molecule has 3 rings (SSSR count). The summed E-state index contributed by atoms with van der Waals surface area (Å²) in [5, 5.41) is 13.2. The predicted molar refractivity (Wildman–Crippen MR) is 87.8 cm³/mol. The van der Waals surface area contributed by atoms with Gasteiger partial charge in [0, 0.05) is 28.7 Å². The maximum absolute atomic E-state index is 11.2. The number of anilines is 2. The molecule has 0 aliphatic rings. The summed E-state index contributed by atoms with van der Waals surface area (Å²) in [6.07, 6.45) is 3.45. The van der Waals surface area contributed by atoms with E-state index in [1.54, 1.807) is 12.4 Å². The topological polar surface area (TPSA) is 108 Å². The number of nitrogens with zero attached hydrogens (tertiary/aromatic N) is 2. The Balaban J connectivity index is 2.13. The third-order valence-electron chi connectivity index (χ3n) is 3.22. The minimum Gasteiger partial charge on any atom is -0.397 e. The number of nitrogens with two attached hydrogens (primary N) is 2. The molecular weight excluding hydrogens is 300 g/mol. The Morgan fingerprint density at radius 3 is 2.64 bits per heavy atom. The first-order chi connectivity index (χ1) is 10.6. The summed E-state index contributed by atoms with van der Waals surface area (Å²) in [7, 11) is 0. The van der Waals surface area contributed by atoms with Gasteiger partial charge in [-0.1, -0.05) is 23.9 Å². The molecule has 22 heavy (non-hydrogen) atoms. The molecule has 0 spiro atoms. The molecule has 0 radical (unpaired) electrons. The maximum Gasteiger partial charge on any atom is 0.285 e. The molecular formula is C15H12N4O2S. The van der Waals surface area contributed by atoms with Crippen molar-refractivity contribution in [3.05, 3.63) is 58.9 Å². The lowest BCUT2D eigenvalue weighted by atomic mass is 10.2. The number of hydrogen-bond acceptors (Lipinski definition) is 6. The highest BCUT2D eigenvalue weighted by Crippen LogP contribution is 2.40. The van der Waals surface area contributed by atoms with Gasteiger partial charge in [-0.15, -0.1) is 0 Å². The van der Waals surface area contributed by atoms with Gasteiger partial charge in [0.15, 0.2) is 0 Å². The molecule has 0 saturated heterocycles. The van der Waals surface area contributed by atoms with Crippen molar-refractivity contribution in [3.63, 3.8) is 0 Å². The molecule has 1 heterocycles. The highest BCUT2D eigenvalue weighted by atomic mass is 32.2. The lowest BCUT2D eigenvalue weighted by Gasteiger charge is -2.08. The maximum atomic E-state index is 11.2. The van der Waals surface area contributed by atoms with Crippen molar-refractivity contribution in [2.75, 3.05) is 11.5 Å². The Kier molecular flexibility index (Phi) is 3.56.